The second-order valence-corrected chi connectivity index (χ2v) is 9.19. The van der Waals surface area contributed by atoms with Gasteiger partial charge in [0.15, 0.2) is 0 Å². The lowest BCUT2D eigenvalue weighted by Gasteiger charge is -2.09. The molecule has 0 atom stereocenters. The van der Waals surface area contributed by atoms with Crippen LogP contribution in [0, 0.1) is 0 Å². The predicted molar refractivity (Wildman–Crippen MR) is 146 cm³/mol. The first-order valence-corrected chi connectivity index (χ1v) is 11.9. The van der Waals surface area contributed by atoms with Crippen molar-refractivity contribution >= 4 is 55.0 Å². The fourth-order valence-electron chi connectivity index (χ4n) is 5.32. The van der Waals surface area contributed by atoms with Gasteiger partial charge in [-0.2, -0.15) is 0 Å². The minimum absolute atomic E-state index is 0.735. The van der Waals surface area contributed by atoms with Crippen LogP contribution in [0.2, 0.25) is 5.02 Å². The Morgan fingerprint density at radius 1 is 0.500 bits per heavy atom. The summed E-state index contributed by atoms with van der Waals surface area (Å²) in [5.74, 6) is 0. The molecule has 0 aliphatic carbocycles. The average molecular weight is 454 g/mol. The quantitative estimate of drug-likeness (QED) is 0.245. The van der Waals surface area contributed by atoms with E-state index in [2.05, 4.69) is 108 Å². The fourth-order valence-corrected chi connectivity index (χ4v) is 5.50. The molecule has 0 radical (unpaired) electrons. The summed E-state index contributed by atoms with van der Waals surface area (Å²) >= 11 is 6.43. The van der Waals surface area contributed by atoms with E-state index in [-0.39, 0.29) is 0 Å². The zero-order chi connectivity index (χ0) is 22.6. The smallest absolute Gasteiger partial charge is 0.0547 e. The van der Waals surface area contributed by atoms with Gasteiger partial charge in [0.25, 0.3) is 0 Å². The lowest BCUT2D eigenvalue weighted by atomic mass is 9.95. The van der Waals surface area contributed by atoms with Crippen molar-refractivity contribution in [1.82, 2.24) is 4.57 Å². The minimum Gasteiger partial charge on any atom is -0.309 e. The van der Waals surface area contributed by atoms with Crippen LogP contribution >= 0.6 is 11.6 Å². The molecule has 0 fully saturated rings. The summed E-state index contributed by atoms with van der Waals surface area (Å²) in [4.78, 5) is 0. The van der Waals surface area contributed by atoms with E-state index in [9.17, 15) is 0 Å². The first-order valence-electron chi connectivity index (χ1n) is 11.5. The van der Waals surface area contributed by atoms with Crippen molar-refractivity contribution in [3.63, 3.8) is 0 Å². The van der Waals surface area contributed by atoms with Crippen molar-refractivity contribution in [3.05, 3.63) is 126 Å². The van der Waals surface area contributed by atoms with E-state index in [0.717, 1.165) is 10.7 Å². The molecule has 0 amide bonds. The minimum atomic E-state index is 0.735. The van der Waals surface area contributed by atoms with E-state index in [1.165, 1.54) is 54.5 Å². The average Bonchev–Trinajstić information content (AvgIpc) is 3.23. The summed E-state index contributed by atoms with van der Waals surface area (Å²) in [5.41, 5.74) is 5.90. The molecule has 0 saturated carbocycles. The molecule has 0 spiro atoms. The van der Waals surface area contributed by atoms with E-state index in [0.29, 0.717) is 0 Å². The summed E-state index contributed by atoms with van der Waals surface area (Å²) in [5, 5.41) is 8.29. The van der Waals surface area contributed by atoms with Gasteiger partial charge in [-0.15, -0.1) is 0 Å². The molecule has 0 bridgehead atoms. The number of halogens is 1. The van der Waals surface area contributed by atoms with Crippen LogP contribution in [0.1, 0.15) is 0 Å². The van der Waals surface area contributed by atoms with Crippen LogP contribution in [-0.4, -0.2) is 4.57 Å². The van der Waals surface area contributed by atoms with Crippen LogP contribution in [0.4, 0.5) is 0 Å². The SMILES string of the molecule is Clc1cccc(-n2c3cccc(-c4ccc5ccccc5c4)c3c3c4ccccc4ccc32)c1. The molecule has 7 rings (SSSR count). The van der Waals surface area contributed by atoms with Crippen LogP contribution in [0.5, 0.6) is 0 Å². The van der Waals surface area contributed by atoms with Crippen molar-refractivity contribution in [2.75, 3.05) is 0 Å². The molecule has 1 nitrogen and oxygen atoms in total. The topological polar surface area (TPSA) is 4.93 Å². The van der Waals surface area contributed by atoms with E-state index in [4.69, 9.17) is 11.6 Å². The highest BCUT2D eigenvalue weighted by Crippen LogP contribution is 2.42. The van der Waals surface area contributed by atoms with E-state index < -0.39 is 0 Å². The second-order valence-electron chi connectivity index (χ2n) is 8.76. The monoisotopic (exact) mass is 453 g/mol. The van der Waals surface area contributed by atoms with E-state index >= 15 is 0 Å². The van der Waals surface area contributed by atoms with Gasteiger partial charge in [0, 0.05) is 21.5 Å². The molecule has 1 aromatic heterocycles. The van der Waals surface area contributed by atoms with Gasteiger partial charge in [-0.05, 0) is 69.1 Å². The third kappa shape index (κ3) is 2.88. The predicted octanol–water partition coefficient (Wildman–Crippen LogP) is 9.41. The molecule has 6 aromatic carbocycles. The maximum Gasteiger partial charge on any atom is 0.0547 e. The van der Waals surface area contributed by atoms with Gasteiger partial charge >= 0.3 is 0 Å². The van der Waals surface area contributed by atoms with Crippen molar-refractivity contribution in [2.45, 2.75) is 0 Å². The Balaban J connectivity index is 1.67. The Morgan fingerprint density at radius 2 is 1.24 bits per heavy atom. The molecule has 0 aliphatic rings. The number of hydrogen-bond acceptors (Lipinski definition) is 0. The molecular formula is C32H20ClN. The van der Waals surface area contributed by atoms with Crippen LogP contribution in [0.25, 0.3) is 60.2 Å². The third-order valence-corrected chi connectivity index (χ3v) is 7.04. The maximum atomic E-state index is 6.43. The molecule has 0 unspecified atom stereocenters. The van der Waals surface area contributed by atoms with Gasteiger partial charge in [-0.25, -0.2) is 0 Å². The van der Waals surface area contributed by atoms with Crippen LogP contribution in [0.15, 0.2) is 121 Å². The van der Waals surface area contributed by atoms with Gasteiger partial charge in [-0.1, -0.05) is 96.5 Å². The number of fused-ring (bicyclic) bond motifs is 6. The zero-order valence-electron chi connectivity index (χ0n) is 18.4. The number of rotatable bonds is 2. The molecule has 1 heterocycles. The normalized spacial score (nSPS) is 11.7. The summed E-state index contributed by atoms with van der Waals surface area (Å²) in [7, 11) is 0. The van der Waals surface area contributed by atoms with Gasteiger partial charge in [0.2, 0.25) is 0 Å². The van der Waals surface area contributed by atoms with Crippen molar-refractivity contribution in [2.24, 2.45) is 0 Å². The first kappa shape index (κ1) is 19.4. The van der Waals surface area contributed by atoms with Crippen molar-refractivity contribution in [3.8, 4) is 16.8 Å². The summed E-state index contributed by atoms with van der Waals surface area (Å²) in [6, 6.07) is 43.2. The molecule has 7 aromatic rings. The lowest BCUT2D eigenvalue weighted by Crippen LogP contribution is -1.93. The molecule has 0 aliphatic heterocycles. The largest absolute Gasteiger partial charge is 0.309 e. The van der Waals surface area contributed by atoms with Crippen molar-refractivity contribution < 1.29 is 0 Å². The highest BCUT2D eigenvalue weighted by molar-refractivity contribution is 6.31. The molecule has 34 heavy (non-hydrogen) atoms. The van der Waals surface area contributed by atoms with Gasteiger partial charge < -0.3 is 4.57 Å². The van der Waals surface area contributed by atoms with Gasteiger partial charge in [0.05, 0.1) is 11.0 Å². The van der Waals surface area contributed by atoms with E-state index in [1.807, 2.05) is 18.2 Å². The number of nitrogens with zero attached hydrogens (tertiary/aromatic N) is 1. The van der Waals surface area contributed by atoms with Gasteiger partial charge in [-0.3, -0.25) is 0 Å². The second kappa shape index (κ2) is 7.48. The lowest BCUT2D eigenvalue weighted by molar-refractivity contribution is 1.18. The highest BCUT2D eigenvalue weighted by atomic mass is 35.5. The molecule has 2 heteroatoms. The van der Waals surface area contributed by atoms with Crippen LogP contribution in [0.3, 0.4) is 0 Å². The van der Waals surface area contributed by atoms with Gasteiger partial charge in [0.1, 0.15) is 0 Å². The fraction of sp³-hybridized carbons (Fsp3) is 0. The van der Waals surface area contributed by atoms with Crippen molar-refractivity contribution in [1.29, 1.82) is 0 Å². The Labute approximate surface area is 202 Å². The summed E-state index contributed by atoms with van der Waals surface area (Å²) < 4.78 is 2.34. The Hall–Kier alpha value is -4.07. The highest BCUT2D eigenvalue weighted by Gasteiger charge is 2.18. The summed E-state index contributed by atoms with van der Waals surface area (Å²) in [6.07, 6.45) is 0. The Morgan fingerprint density at radius 3 is 2.12 bits per heavy atom. The molecule has 0 N–H and O–H groups in total. The third-order valence-electron chi connectivity index (χ3n) is 6.81. The van der Waals surface area contributed by atoms with Crippen LogP contribution < -0.4 is 0 Å². The molecular weight excluding hydrogens is 434 g/mol. The molecule has 0 saturated heterocycles. The number of aromatic nitrogens is 1. The number of hydrogen-bond donors (Lipinski definition) is 0. The summed E-state index contributed by atoms with van der Waals surface area (Å²) in [6.45, 7) is 0. The maximum absolute atomic E-state index is 6.43. The standard InChI is InChI=1S/C32H20ClN/c33-25-10-5-11-26(20-25)34-29-14-6-13-28(24-16-15-21-7-1-2-9-23(21)19-24)32(29)31-27-12-4-3-8-22(27)17-18-30(31)34/h1-20H. The van der Waals surface area contributed by atoms with Crippen LogP contribution in [-0.2, 0) is 0 Å². The molecule has 160 valence electrons. The Kier molecular flexibility index (Phi) is 4.27. The number of benzene rings is 6. The van der Waals surface area contributed by atoms with E-state index in [1.54, 1.807) is 0 Å². The first-order chi connectivity index (χ1) is 16.8. The zero-order valence-corrected chi connectivity index (χ0v) is 19.1. The Bertz CT molecular complexity index is 1880.